The van der Waals surface area contributed by atoms with Crippen molar-refractivity contribution in [3.63, 3.8) is 0 Å². The first kappa shape index (κ1) is 23.1. The van der Waals surface area contributed by atoms with Crippen LogP contribution in [0.15, 0.2) is 30.3 Å². The van der Waals surface area contributed by atoms with E-state index in [1.54, 1.807) is 6.92 Å². The first-order valence-corrected chi connectivity index (χ1v) is 11.3. The molecular formula is C21H28N2O5S. The van der Waals surface area contributed by atoms with E-state index >= 15 is 0 Å². The molecule has 3 N–H and O–H groups in total. The van der Waals surface area contributed by atoms with Crippen LogP contribution in [0.4, 0.5) is 0 Å². The molecule has 0 radical (unpaired) electrons. The number of benzene rings is 1. The Kier molecular flexibility index (Phi) is 7.60. The Balaban J connectivity index is 2.00. The van der Waals surface area contributed by atoms with Crippen molar-refractivity contribution in [1.29, 1.82) is 0 Å². The number of amides is 1. The van der Waals surface area contributed by atoms with Crippen LogP contribution in [-0.2, 0) is 14.6 Å². The minimum Gasteiger partial charge on any atom is -0.381 e. The topological polar surface area (TPSA) is 107 Å². The Morgan fingerprint density at radius 1 is 1.34 bits per heavy atom. The summed E-state index contributed by atoms with van der Waals surface area (Å²) in [7, 11) is -3.69. The van der Waals surface area contributed by atoms with Gasteiger partial charge in [0.15, 0.2) is 14.6 Å². The molecule has 2 unspecified atom stereocenters. The Bertz CT molecular complexity index is 926. The van der Waals surface area contributed by atoms with Crippen LogP contribution in [0.1, 0.15) is 37.8 Å². The van der Waals surface area contributed by atoms with Crippen molar-refractivity contribution in [3.05, 3.63) is 41.5 Å². The Morgan fingerprint density at radius 2 is 2.00 bits per heavy atom. The second-order valence-corrected chi connectivity index (χ2v) is 9.94. The van der Waals surface area contributed by atoms with Gasteiger partial charge in [-0.1, -0.05) is 30.0 Å². The molecule has 2 rings (SSSR count). The van der Waals surface area contributed by atoms with Crippen molar-refractivity contribution < 1.29 is 23.5 Å². The molecule has 1 amide bonds. The van der Waals surface area contributed by atoms with Crippen molar-refractivity contribution in [2.45, 2.75) is 37.5 Å². The quantitative estimate of drug-likeness (QED) is 0.363. The molecular weight excluding hydrogens is 392 g/mol. The smallest absolute Gasteiger partial charge is 0.264 e. The molecule has 1 aromatic carbocycles. The summed E-state index contributed by atoms with van der Waals surface area (Å²) in [6.45, 7) is 4.78. The lowest BCUT2D eigenvalue weighted by Gasteiger charge is -2.31. The van der Waals surface area contributed by atoms with Gasteiger partial charge in [-0.05, 0) is 50.0 Å². The van der Waals surface area contributed by atoms with E-state index in [-0.39, 0.29) is 6.42 Å². The highest BCUT2D eigenvalue weighted by atomic mass is 32.2. The number of hydrogen-bond acceptors (Lipinski definition) is 6. The summed E-state index contributed by atoms with van der Waals surface area (Å²) in [4.78, 5) is 14.0. The van der Waals surface area contributed by atoms with Crippen molar-refractivity contribution >= 4 is 21.3 Å². The summed E-state index contributed by atoms with van der Waals surface area (Å²) in [5, 5.41) is 18.1. The van der Waals surface area contributed by atoms with E-state index in [9.17, 15) is 18.3 Å². The van der Waals surface area contributed by atoms with E-state index in [2.05, 4.69) is 22.8 Å². The maximum atomic E-state index is 12.0. The summed E-state index contributed by atoms with van der Waals surface area (Å²) < 4.78 is 22.4. The van der Waals surface area contributed by atoms with Gasteiger partial charge in [-0.15, -0.1) is 0 Å². The number of hydrogen-bond donors (Lipinski definition) is 3. The molecule has 29 heavy (non-hydrogen) atoms. The van der Waals surface area contributed by atoms with Crippen LogP contribution in [0.2, 0.25) is 0 Å². The third-order valence-electron chi connectivity index (χ3n) is 5.28. The zero-order valence-corrected chi connectivity index (χ0v) is 17.8. The molecule has 158 valence electrons. The van der Waals surface area contributed by atoms with E-state index in [4.69, 9.17) is 5.21 Å². The molecule has 7 nitrogen and oxygen atoms in total. The van der Waals surface area contributed by atoms with Gasteiger partial charge in [0.1, 0.15) is 6.10 Å². The average molecular weight is 421 g/mol. The number of aliphatic hydroxyl groups is 1. The monoisotopic (exact) mass is 420 g/mol. The van der Waals surface area contributed by atoms with Gasteiger partial charge >= 0.3 is 0 Å². The molecule has 8 heteroatoms. The lowest BCUT2D eigenvalue weighted by Crippen LogP contribution is -2.51. The summed E-state index contributed by atoms with van der Waals surface area (Å²) >= 11 is 0. The number of aliphatic hydroxyl groups excluding tert-OH is 1. The zero-order valence-electron chi connectivity index (χ0n) is 17.0. The molecule has 0 saturated heterocycles. The van der Waals surface area contributed by atoms with Crippen molar-refractivity contribution in [3.8, 4) is 11.8 Å². The largest absolute Gasteiger partial charge is 0.381 e. The van der Waals surface area contributed by atoms with E-state index < -0.39 is 26.6 Å². The second kappa shape index (κ2) is 9.55. The molecule has 2 atom stereocenters. The molecule has 0 saturated carbocycles. The van der Waals surface area contributed by atoms with E-state index in [1.165, 1.54) is 18.0 Å². The first-order chi connectivity index (χ1) is 13.6. The number of rotatable bonds is 6. The highest BCUT2D eigenvalue weighted by molar-refractivity contribution is 7.92. The summed E-state index contributed by atoms with van der Waals surface area (Å²) in [5.41, 5.74) is 4.63. The molecule has 0 aromatic heterocycles. The fourth-order valence-electron chi connectivity index (χ4n) is 3.09. The van der Waals surface area contributed by atoms with Crippen molar-refractivity contribution in [1.82, 2.24) is 10.4 Å². The SMILES string of the molecule is CC(O)C#Cc1ccc(C2=CCN(CCC(C)(C(=O)NO)S(C)(=O)=O)CC2)cc1. The molecule has 0 fully saturated rings. The third-order valence-corrected chi connectivity index (χ3v) is 7.31. The van der Waals surface area contributed by atoms with E-state index in [0.717, 1.165) is 30.3 Å². The normalized spacial score (nSPS) is 18.0. The summed E-state index contributed by atoms with van der Waals surface area (Å²) in [6.07, 6.45) is 3.35. The van der Waals surface area contributed by atoms with Crippen molar-refractivity contribution in [2.75, 3.05) is 25.9 Å². The second-order valence-electron chi connectivity index (χ2n) is 7.50. The summed E-state index contributed by atoms with van der Waals surface area (Å²) in [5.74, 6) is 4.71. The van der Waals surface area contributed by atoms with Crippen molar-refractivity contribution in [2.24, 2.45) is 0 Å². The number of hydroxylamine groups is 1. The van der Waals surface area contributed by atoms with E-state index in [0.29, 0.717) is 13.1 Å². The van der Waals surface area contributed by atoms with Crippen LogP contribution < -0.4 is 5.48 Å². The number of carbonyl (C=O) groups excluding carboxylic acids is 1. The van der Waals surface area contributed by atoms with Gasteiger partial charge in [-0.2, -0.15) is 0 Å². The lowest BCUT2D eigenvalue weighted by molar-refractivity contribution is -0.131. The van der Waals surface area contributed by atoms with Crippen LogP contribution in [0, 0.1) is 11.8 Å². The number of nitrogens with one attached hydrogen (secondary N) is 1. The third kappa shape index (κ3) is 5.90. The van der Waals surface area contributed by atoms with E-state index in [1.807, 2.05) is 24.3 Å². The number of sulfone groups is 1. The molecule has 1 heterocycles. The lowest BCUT2D eigenvalue weighted by atomic mass is 9.98. The standard InChI is InChI=1S/C21H28N2O5S/c1-16(24)4-5-17-6-8-18(9-7-17)19-10-13-23(14-11-19)15-12-21(2,20(25)22-26)29(3,27)28/h6-10,16,24,26H,11-15H2,1-3H3,(H,22,25). The van der Waals surface area contributed by atoms with Gasteiger partial charge in [0.05, 0.1) is 0 Å². The van der Waals surface area contributed by atoms with Crippen LogP contribution >= 0.6 is 0 Å². The average Bonchev–Trinajstić information content (AvgIpc) is 2.69. The highest BCUT2D eigenvalue weighted by Gasteiger charge is 2.43. The molecule has 1 aromatic rings. The molecule has 1 aliphatic rings. The fourth-order valence-corrected chi connectivity index (χ4v) is 3.93. The van der Waals surface area contributed by atoms with Gasteiger partial charge in [-0.3, -0.25) is 14.9 Å². The first-order valence-electron chi connectivity index (χ1n) is 9.42. The maximum Gasteiger partial charge on any atom is 0.264 e. The minimum atomic E-state index is -3.69. The molecule has 0 bridgehead atoms. The number of carbonyl (C=O) groups is 1. The predicted octanol–water partition coefficient (Wildman–Crippen LogP) is 1.21. The van der Waals surface area contributed by atoms with Gasteiger partial charge in [-0.25, -0.2) is 13.9 Å². The van der Waals surface area contributed by atoms with Gasteiger partial charge in [0.2, 0.25) is 0 Å². The van der Waals surface area contributed by atoms with Gasteiger partial charge < -0.3 is 5.11 Å². The minimum absolute atomic E-state index is 0.0953. The van der Waals surface area contributed by atoms with Crippen LogP contribution in [0.3, 0.4) is 0 Å². The summed E-state index contributed by atoms with van der Waals surface area (Å²) in [6, 6.07) is 7.84. The highest BCUT2D eigenvalue weighted by Crippen LogP contribution is 2.25. The Morgan fingerprint density at radius 3 is 2.48 bits per heavy atom. The van der Waals surface area contributed by atoms with Crippen LogP contribution in [0.5, 0.6) is 0 Å². The number of nitrogens with zero attached hydrogens (tertiary/aromatic N) is 1. The Labute approximate surface area is 172 Å². The van der Waals surface area contributed by atoms with Crippen LogP contribution in [0.25, 0.3) is 5.57 Å². The maximum absolute atomic E-state index is 12.0. The van der Waals surface area contributed by atoms with Gasteiger partial charge in [0.25, 0.3) is 5.91 Å². The van der Waals surface area contributed by atoms with Gasteiger partial charge in [0, 0.05) is 31.5 Å². The fraction of sp³-hybridized carbons (Fsp3) is 0.476. The Hall–Kier alpha value is -2.18. The molecule has 0 spiro atoms. The zero-order chi connectivity index (χ0) is 21.7. The molecule has 0 aliphatic carbocycles. The van der Waals surface area contributed by atoms with Crippen LogP contribution in [-0.4, -0.2) is 66.3 Å². The predicted molar refractivity (Wildman–Crippen MR) is 112 cm³/mol. The molecule has 1 aliphatic heterocycles.